The van der Waals surface area contributed by atoms with Gasteiger partial charge in [-0.05, 0) is 44.2 Å². The number of nitrogens with zero attached hydrogens (tertiary/aromatic N) is 1. The molecule has 0 spiro atoms. The molecule has 2 aromatic rings. The molecule has 0 aliphatic rings. The van der Waals surface area contributed by atoms with Crippen LogP contribution in [0.2, 0.25) is 0 Å². The lowest BCUT2D eigenvalue weighted by molar-refractivity contribution is 0.412. The third-order valence-electron chi connectivity index (χ3n) is 2.96. The molecule has 0 saturated heterocycles. The summed E-state index contributed by atoms with van der Waals surface area (Å²) >= 11 is 0. The number of hydrogen-bond acceptors (Lipinski definition) is 3. The summed E-state index contributed by atoms with van der Waals surface area (Å²) in [7, 11) is 1.68. The van der Waals surface area contributed by atoms with Gasteiger partial charge >= 0.3 is 0 Å². The Kier molecular flexibility index (Phi) is 3.67. The summed E-state index contributed by atoms with van der Waals surface area (Å²) in [6.07, 6.45) is 0.807. The number of aromatic nitrogens is 2. The fourth-order valence-electron chi connectivity index (χ4n) is 2.13. The summed E-state index contributed by atoms with van der Waals surface area (Å²) in [6, 6.07) is 6.09. The van der Waals surface area contributed by atoms with E-state index in [1.165, 1.54) is 0 Å². The van der Waals surface area contributed by atoms with Crippen LogP contribution in [0.3, 0.4) is 0 Å². The quantitative estimate of drug-likeness (QED) is 0.868. The molecule has 0 amide bonds. The number of ether oxygens (including phenoxy) is 1. The van der Waals surface area contributed by atoms with Crippen molar-refractivity contribution in [2.75, 3.05) is 13.7 Å². The Balaban J connectivity index is 2.44. The van der Waals surface area contributed by atoms with Crippen molar-refractivity contribution in [1.29, 1.82) is 0 Å². The first kappa shape index (κ1) is 12.6. The van der Waals surface area contributed by atoms with E-state index in [1.807, 2.05) is 26.0 Å². The summed E-state index contributed by atoms with van der Waals surface area (Å²) in [5.74, 6) is 1.81. The standard InChI is InChI=1S/C14H19N3O/c1-9-8-11(4-5-13(9)18-3)14-12(6-7-15)16-10(2)17-14/h4-5,8H,6-7,15H2,1-3H3,(H,16,17). The Labute approximate surface area is 107 Å². The van der Waals surface area contributed by atoms with E-state index in [0.29, 0.717) is 6.54 Å². The third-order valence-corrected chi connectivity index (χ3v) is 2.96. The van der Waals surface area contributed by atoms with Gasteiger partial charge in [0.15, 0.2) is 0 Å². The molecule has 0 bridgehead atoms. The highest BCUT2D eigenvalue weighted by Crippen LogP contribution is 2.27. The first-order chi connectivity index (χ1) is 8.65. The normalized spacial score (nSPS) is 10.7. The van der Waals surface area contributed by atoms with E-state index in [-0.39, 0.29) is 0 Å². The Hall–Kier alpha value is -1.81. The van der Waals surface area contributed by atoms with Gasteiger partial charge in [0, 0.05) is 17.7 Å². The maximum atomic E-state index is 5.62. The molecular formula is C14H19N3O. The number of benzene rings is 1. The molecule has 0 aliphatic carbocycles. The highest BCUT2D eigenvalue weighted by atomic mass is 16.5. The van der Waals surface area contributed by atoms with Gasteiger partial charge in [0.25, 0.3) is 0 Å². The van der Waals surface area contributed by atoms with Crippen LogP contribution in [-0.2, 0) is 6.42 Å². The minimum atomic E-state index is 0.615. The number of aromatic amines is 1. The van der Waals surface area contributed by atoms with Crippen molar-refractivity contribution in [1.82, 2.24) is 9.97 Å². The zero-order chi connectivity index (χ0) is 13.1. The molecule has 0 unspecified atom stereocenters. The molecule has 1 aromatic carbocycles. The molecule has 0 atom stereocenters. The van der Waals surface area contributed by atoms with Crippen LogP contribution < -0.4 is 10.5 Å². The SMILES string of the molecule is COc1ccc(-c2nc(C)[nH]c2CCN)cc1C. The largest absolute Gasteiger partial charge is 0.496 e. The predicted molar refractivity (Wildman–Crippen MR) is 72.8 cm³/mol. The number of nitrogens with two attached hydrogens (primary N) is 1. The molecule has 3 N–H and O–H groups in total. The molecule has 0 fully saturated rings. The Morgan fingerprint density at radius 3 is 2.72 bits per heavy atom. The van der Waals surface area contributed by atoms with Crippen LogP contribution in [-0.4, -0.2) is 23.6 Å². The molecular weight excluding hydrogens is 226 g/mol. The highest BCUT2D eigenvalue weighted by molar-refractivity contribution is 5.64. The first-order valence-corrected chi connectivity index (χ1v) is 6.06. The van der Waals surface area contributed by atoms with Gasteiger partial charge in [-0.1, -0.05) is 0 Å². The molecule has 1 aromatic heterocycles. The number of hydrogen-bond donors (Lipinski definition) is 2. The third kappa shape index (κ3) is 2.38. The van der Waals surface area contributed by atoms with Crippen LogP contribution in [0.1, 0.15) is 17.1 Å². The molecule has 1 heterocycles. The summed E-state index contributed by atoms with van der Waals surface area (Å²) < 4.78 is 5.27. The lowest BCUT2D eigenvalue weighted by Crippen LogP contribution is -2.04. The topological polar surface area (TPSA) is 63.9 Å². The first-order valence-electron chi connectivity index (χ1n) is 6.06. The summed E-state index contributed by atoms with van der Waals surface area (Å²) in [6.45, 7) is 4.61. The lowest BCUT2D eigenvalue weighted by atomic mass is 10.1. The van der Waals surface area contributed by atoms with Crippen LogP contribution >= 0.6 is 0 Å². The molecule has 18 heavy (non-hydrogen) atoms. The average molecular weight is 245 g/mol. The van der Waals surface area contributed by atoms with E-state index in [2.05, 4.69) is 16.0 Å². The predicted octanol–water partition coefficient (Wildman–Crippen LogP) is 2.20. The molecule has 0 saturated carbocycles. The number of methoxy groups -OCH3 is 1. The number of H-pyrrole nitrogens is 1. The van der Waals surface area contributed by atoms with Crippen molar-refractivity contribution in [3.63, 3.8) is 0 Å². The van der Waals surface area contributed by atoms with Gasteiger partial charge in [-0.15, -0.1) is 0 Å². The van der Waals surface area contributed by atoms with Crippen LogP contribution in [0.5, 0.6) is 5.75 Å². The van der Waals surface area contributed by atoms with E-state index in [4.69, 9.17) is 10.5 Å². The maximum absolute atomic E-state index is 5.62. The Bertz CT molecular complexity index is 546. The van der Waals surface area contributed by atoms with Gasteiger partial charge in [-0.2, -0.15) is 0 Å². The Morgan fingerprint density at radius 1 is 1.33 bits per heavy atom. The van der Waals surface area contributed by atoms with E-state index < -0.39 is 0 Å². The van der Waals surface area contributed by atoms with E-state index >= 15 is 0 Å². The van der Waals surface area contributed by atoms with Crippen LogP contribution in [0.4, 0.5) is 0 Å². The van der Waals surface area contributed by atoms with Crippen molar-refractivity contribution >= 4 is 0 Å². The minimum absolute atomic E-state index is 0.615. The Morgan fingerprint density at radius 2 is 2.11 bits per heavy atom. The maximum Gasteiger partial charge on any atom is 0.121 e. The molecule has 0 aliphatic heterocycles. The fourth-order valence-corrected chi connectivity index (χ4v) is 2.13. The number of nitrogens with one attached hydrogen (secondary N) is 1. The molecule has 2 rings (SSSR count). The van der Waals surface area contributed by atoms with E-state index in [1.54, 1.807) is 7.11 Å². The average Bonchev–Trinajstić information content (AvgIpc) is 2.71. The fraction of sp³-hybridized carbons (Fsp3) is 0.357. The summed E-state index contributed by atoms with van der Waals surface area (Å²) in [5, 5.41) is 0. The molecule has 4 heteroatoms. The number of rotatable bonds is 4. The van der Waals surface area contributed by atoms with Gasteiger partial charge in [0.1, 0.15) is 11.6 Å². The molecule has 4 nitrogen and oxygen atoms in total. The number of imidazole rings is 1. The van der Waals surface area contributed by atoms with Crippen LogP contribution in [0, 0.1) is 13.8 Å². The van der Waals surface area contributed by atoms with Crippen molar-refractivity contribution < 1.29 is 4.74 Å². The van der Waals surface area contributed by atoms with Crippen molar-refractivity contribution in [3.8, 4) is 17.0 Å². The lowest BCUT2D eigenvalue weighted by Gasteiger charge is -2.07. The van der Waals surface area contributed by atoms with Crippen LogP contribution in [0.15, 0.2) is 18.2 Å². The van der Waals surface area contributed by atoms with Gasteiger partial charge in [-0.3, -0.25) is 0 Å². The van der Waals surface area contributed by atoms with Crippen molar-refractivity contribution in [2.24, 2.45) is 5.73 Å². The zero-order valence-corrected chi connectivity index (χ0v) is 11.1. The van der Waals surface area contributed by atoms with Gasteiger partial charge < -0.3 is 15.5 Å². The van der Waals surface area contributed by atoms with Crippen molar-refractivity contribution in [3.05, 3.63) is 35.3 Å². The zero-order valence-electron chi connectivity index (χ0n) is 11.1. The summed E-state index contributed by atoms with van der Waals surface area (Å²) in [4.78, 5) is 7.81. The highest BCUT2D eigenvalue weighted by Gasteiger charge is 2.11. The molecule has 96 valence electrons. The number of aryl methyl sites for hydroxylation is 2. The second-order valence-electron chi connectivity index (χ2n) is 4.37. The van der Waals surface area contributed by atoms with Gasteiger partial charge in [-0.25, -0.2) is 4.98 Å². The molecule has 0 radical (unpaired) electrons. The minimum Gasteiger partial charge on any atom is -0.496 e. The van der Waals surface area contributed by atoms with Gasteiger partial charge in [0.05, 0.1) is 12.8 Å². The monoisotopic (exact) mass is 245 g/mol. The van der Waals surface area contributed by atoms with E-state index in [0.717, 1.165) is 40.5 Å². The second kappa shape index (κ2) is 5.23. The summed E-state index contributed by atoms with van der Waals surface area (Å²) in [5.41, 5.74) is 9.92. The smallest absolute Gasteiger partial charge is 0.121 e. The second-order valence-corrected chi connectivity index (χ2v) is 4.37. The van der Waals surface area contributed by atoms with Crippen LogP contribution in [0.25, 0.3) is 11.3 Å². The van der Waals surface area contributed by atoms with E-state index in [9.17, 15) is 0 Å². The van der Waals surface area contributed by atoms with Crippen molar-refractivity contribution in [2.45, 2.75) is 20.3 Å². The van der Waals surface area contributed by atoms with Gasteiger partial charge in [0.2, 0.25) is 0 Å².